The molecule has 4 aromatic rings. The molecular formula is C25H26N4O2S. The minimum absolute atomic E-state index is 0.0684. The third-order valence-corrected chi connectivity index (χ3v) is 6.17. The summed E-state index contributed by atoms with van der Waals surface area (Å²) in [4.78, 5) is 12.5. The number of carbonyl (C=O) groups excluding carboxylic acids is 1. The molecule has 0 atom stereocenters. The van der Waals surface area contributed by atoms with E-state index in [9.17, 15) is 4.79 Å². The summed E-state index contributed by atoms with van der Waals surface area (Å²) < 4.78 is 8.06. The fraction of sp³-hybridized carbons (Fsp3) is 0.240. The highest BCUT2D eigenvalue weighted by Crippen LogP contribution is 2.26. The van der Waals surface area contributed by atoms with Crippen LogP contribution in [0.2, 0.25) is 0 Å². The van der Waals surface area contributed by atoms with E-state index in [0.717, 1.165) is 33.6 Å². The van der Waals surface area contributed by atoms with Crippen molar-refractivity contribution in [3.8, 4) is 5.75 Å². The number of hydrogen-bond donors (Lipinski definition) is 1. The predicted octanol–water partition coefficient (Wildman–Crippen LogP) is 5.38. The van der Waals surface area contributed by atoms with Gasteiger partial charge in [0, 0.05) is 17.6 Å². The molecule has 4 rings (SSSR count). The Balaban J connectivity index is 1.40. The van der Waals surface area contributed by atoms with Gasteiger partial charge >= 0.3 is 0 Å². The third kappa shape index (κ3) is 4.94. The molecule has 0 saturated carbocycles. The summed E-state index contributed by atoms with van der Waals surface area (Å²) >= 11 is 1.37. The molecule has 0 radical (unpaired) electrons. The lowest BCUT2D eigenvalue weighted by atomic mass is 10.1. The van der Waals surface area contributed by atoms with E-state index in [4.69, 9.17) is 4.74 Å². The number of nitrogens with zero attached hydrogens (tertiary/aromatic N) is 3. The van der Waals surface area contributed by atoms with E-state index in [1.807, 2.05) is 67.8 Å². The summed E-state index contributed by atoms with van der Waals surface area (Å²) in [5, 5.41) is 14.5. The van der Waals surface area contributed by atoms with Crippen molar-refractivity contribution in [2.24, 2.45) is 0 Å². The summed E-state index contributed by atoms with van der Waals surface area (Å²) in [5.41, 5.74) is 3.06. The van der Waals surface area contributed by atoms with Gasteiger partial charge in [0.2, 0.25) is 5.91 Å². The van der Waals surface area contributed by atoms with Crippen LogP contribution in [0.3, 0.4) is 0 Å². The smallest absolute Gasteiger partial charge is 0.234 e. The van der Waals surface area contributed by atoms with Crippen molar-refractivity contribution in [2.45, 2.75) is 39.1 Å². The third-order valence-electron chi connectivity index (χ3n) is 5.20. The zero-order valence-electron chi connectivity index (χ0n) is 18.5. The van der Waals surface area contributed by atoms with E-state index >= 15 is 0 Å². The highest BCUT2D eigenvalue weighted by molar-refractivity contribution is 7.99. The van der Waals surface area contributed by atoms with Gasteiger partial charge in [0.05, 0.1) is 5.75 Å². The number of hydrogen-bond acceptors (Lipinski definition) is 5. The van der Waals surface area contributed by atoms with Gasteiger partial charge in [0.25, 0.3) is 0 Å². The van der Waals surface area contributed by atoms with Gasteiger partial charge in [0.15, 0.2) is 11.0 Å². The number of thioether (sulfide) groups is 1. The molecule has 0 spiro atoms. The second kappa shape index (κ2) is 9.87. The average molecular weight is 447 g/mol. The van der Waals surface area contributed by atoms with E-state index in [1.165, 1.54) is 17.3 Å². The van der Waals surface area contributed by atoms with Crippen LogP contribution in [0.1, 0.15) is 23.9 Å². The van der Waals surface area contributed by atoms with E-state index in [0.29, 0.717) is 18.3 Å². The number of amides is 1. The van der Waals surface area contributed by atoms with E-state index in [2.05, 4.69) is 33.7 Å². The molecule has 1 N–H and O–H groups in total. The molecule has 3 aromatic carbocycles. The van der Waals surface area contributed by atoms with Crippen LogP contribution in [0.4, 0.5) is 5.69 Å². The molecule has 1 heterocycles. The van der Waals surface area contributed by atoms with Gasteiger partial charge in [-0.3, -0.25) is 4.79 Å². The Bertz CT molecular complexity index is 1250. The quantitative estimate of drug-likeness (QED) is 0.368. The van der Waals surface area contributed by atoms with Crippen molar-refractivity contribution in [2.75, 3.05) is 11.1 Å². The Morgan fingerprint density at radius 3 is 2.69 bits per heavy atom. The first-order valence-electron chi connectivity index (χ1n) is 10.6. The van der Waals surface area contributed by atoms with Crippen molar-refractivity contribution in [1.29, 1.82) is 0 Å². The molecule has 164 valence electrons. The lowest BCUT2D eigenvalue weighted by Crippen LogP contribution is -2.15. The number of anilines is 1. The largest absolute Gasteiger partial charge is 0.485 e. The van der Waals surface area contributed by atoms with Crippen LogP contribution in [-0.2, 0) is 17.9 Å². The fourth-order valence-corrected chi connectivity index (χ4v) is 4.41. The molecule has 0 aliphatic heterocycles. The van der Waals surface area contributed by atoms with E-state index in [1.54, 1.807) is 0 Å². The van der Waals surface area contributed by atoms with E-state index in [-0.39, 0.29) is 11.7 Å². The lowest BCUT2D eigenvalue weighted by Gasteiger charge is -2.11. The summed E-state index contributed by atoms with van der Waals surface area (Å²) in [5.74, 6) is 1.74. The summed E-state index contributed by atoms with van der Waals surface area (Å²) in [6.07, 6.45) is 0. The van der Waals surface area contributed by atoms with Crippen LogP contribution in [0.5, 0.6) is 5.75 Å². The summed E-state index contributed by atoms with van der Waals surface area (Å²) in [6.45, 7) is 7.07. The van der Waals surface area contributed by atoms with Crippen molar-refractivity contribution in [3.63, 3.8) is 0 Å². The summed E-state index contributed by atoms with van der Waals surface area (Å²) in [7, 11) is 0. The van der Waals surface area contributed by atoms with Crippen LogP contribution >= 0.6 is 11.8 Å². The Morgan fingerprint density at radius 1 is 1.06 bits per heavy atom. The second-order valence-corrected chi connectivity index (χ2v) is 8.51. The van der Waals surface area contributed by atoms with Crippen LogP contribution in [0.15, 0.2) is 65.8 Å². The second-order valence-electron chi connectivity index (χ2n) is 7.56. The zero-order chi connectivity index (χ0) is 22.5. The molecule has 0 fully saturated rings. The molecular weight excluding hydrogens is 420 g/mol. The normalized spacial score (nSPS) is 11.0. The standard InChI is InChI=1S/C25H26N4O2S/c1-4-29-23(15-31-22-11-7-9-19-8-5-6-10-20(19)22)27-28-25(29)32-16-24(30)26-21-13-12-17(2)14-18(21)3/h5-14H,4,15-16H2,1-3H3,(H,26,30). The topological polar surface area (TPSA) is 69.0 Å². The number of nitrogens with one attached hydrogen (secondary N) is 1. The molecule has 7 heteroatoms. The van der Waals surface area contributed by atoms with Crippen molar-refractivity contribution < 1.29 is 9.53 Å². The van der Waals surface area contributed by atoms with Crippen LogP contribution in [0.25, 0.3) is 10.8 Å². The molecule has 0 aliphatic carbocycles. The minimum Gasteiger partial charge on any atom is -0.485 e. The van der Waals surface area contributed by atoms with Crippen molar-refractivity contribution in [3.05, 3.63) is 77.6 Å². The molecule has 0 bridgehead atoms. The number of ether oxygens (including phenoxy) is 1. The molecule has 1 aromatic heterocycles. The monoisotopic (exact) mass is 446 g/mol. The van der Waals surface area contributed by atoms with Crippen molar-refractivity contribution >= 4 is 34.1 Å². The number of carbonyl (C=O) groups is 1. The SMILES string of the molecule is CCn1c(COc2cccc3ccccc23)nnc1SCC(=O)Nc1ccc(C)cc1C. The molecule has 1 amide bonds. The van der Waals surface area contributed by atoms with Gasteiger partial charge in [-0.1, -0.05) is 65.9 Å². The van der Waals surface area contributed by atoms with Gasteiger partial charge in [-0.25, -0.2) is 0 Å². The first-order valence-corrected chi connectivity index (χ1v) is 11.6. The number of rotatable bonds is 8. The van der Waals surface area contributed by atoms with E-state index < -0.39 is 0 Å². The maximum atomic E-state index is 12.5. The maximum absolute atomic E-state index is 12.5. The van der Waals surface area contributed by atoms with Gasteiger partial charge < -0.3 is 14.6 Å². The zero-order valence-corrected chi connectivity index (χ0v) is 19.3. The first-order chi connectivity index (χ1) is 15.5. The van der Waals surface area contributed by atoms with Gasteiger partial charge in [-0.05, 0) is 43.9 Å². The van der Waals surface area contributed by atoms with Gasteiger partial charge in [-0.15, -0.1) is 10.2 Å². The highest BCUT2D eigenvalue weighted by Gasteiger charge is 2.15. The van der Waals surface area contributed by atoms with Crippen LogP contribution in [0, 0.1) is 13.8 Å². The summed E-state index contributed by atoms with van der Waals surface area (Å²) in [6, 6.07) is 20.1. The fourth-order valence-electron chi connectivity index (χ4n) is 3.58. The Hall–Kier alpha value is -3.32. The Labute approximate surface area is 192 Å². The van der Waals surface area contributed by atoms with Gasteiger partial charge in [-0.2, -0.15) is 0 Å². The first kappa shape index (κ1) is 21.9. The minimum atomic E-state index is -0.0684. The van der Waals surface area contributed by atoms with Gasteiger partial charge in [0.1, 0.15) is 12.4 Å². The molecule has 6 nitrogen and oxygen atoms in total. The number of fused-ring (bicyclic) bond motifs is 1. The molecule has 0 aliphatic rings. The van der Waals surface area contributed by atoms with Crippen molar-refractivity contribution in [1.82, 2.24) is 14.8 Å². The molecule has 0 saturated heterocycles. The molecule has 0 unspecified atom stereocenters. The molecule has 32 heavy (non-hydrogen) atoms. The number of aryl methyl sites for hydroxylation is 2. The number of aromatic nitrogens is 3. The Kier molecular flexibility index (Phi) is 6.75. The van der Waals surface area contributed by atoms with Crippen LogP contribution in [-0.4, -0.2) is 26.4 Å². The Morgan fingerprint density at radius 2 is 1.88 bits per heavy atom. The lowest BCUT2D eigenvalue weighted by molar-refractivity contribution is -0.113. The average Bonchev–Trinajstić information content (AvgIpc) is 3.20. The van der Waals surface area contributed by atoms with Crippen LogP contribution < -0.4 is 10.1 Å². The number of benzene rings is 3. The highest BCUT2D eigenvalue weighted by atomic mass is 32.2. The predicted molar refractivity (Wildman–Crippen MR) is 129 cm³/mol. The maximum Gasteiger partial charge on any atom is 0.234 e.